The number of anilines is 1. The molecule has 0 amide bonds. The van der Waals surface area contributed by atoms with Crippen molar-refractivity contribution < 1.29 is 8.42 Å². The standard InChI is InChI=1S/C14H19N3O2S2/c1-8-5-13(15)10(3)14(9(8)2)21(18,19)17-7-12-6-16-11(4)20-12/h5-6,17H,7,15H2,1-4H3. The van der Waals surface area contributed by atoms with Gasteiger partial charge in [0.1, 0.15) is 0 Å². The smallest absolute Gasteiger partial charge is 0.241 e. The number of hydrogen-bond donors (Lipinski definition) is 2. The maximum absolute atomic E-state index is 12.6. The molecule has 0 spiro atoms. The van der Waals surface area contributed by atoms with E-state index in [4.69, 9.17) is 5.73 Å². The van der Waals surface area contributed by atoms with E-state index in [9.17, 15) is 8.42 Å². The first-order chi connectivity index (χ1) is 9.72. The van der Waals surface area contributed by atoms with Gasteiger partial charge in [-0.2, -0.15) is 0 Å². The van der Waals surface area contributed by atoms with Crippen LogP contribution in [0.1, 0.15) is 26.6 Å². The molecule has 0 fully saturated rings. The molecule has 2 rings (SSSR count). The number of nitrogens with zero attached hydrogens (tertiary/aromatic N) is 1. The average Bonchev–Trinajstić information content (AvgIpc) is 2.80. The monoisotopic (exact) mass is 325 g/mol. The van der Waals surface area contributed by atoms with Gasteiger partial charge in [0.2, 0.25) is 10.0 Å². The molecule has 114 valence electrons. The summed E-state index contributed by atoms with van der Waals surface area (Å²) in [6, 6.07) is 1.80. The zero-order valence-electron chi connectivity index (χ0n) is 12.5. The maximum atomic E-state index is 12.6. The lowest BCUT2D eigenvalue weighted by molar-refractivity contribution is 0.580. The predicted molar refractivity (Wildman–Crippen MR) is 85.9 cm³/mol. The van der Waals surface area contributed by atoms with Gasteiger partial charge < -0.3 is 5.73 Å². The Balaban J connectivity index is 2.36. The second-order valence-corrected chi connectivity index (χ2v) is 8.06. The van der Waals surface area contributed by atoms with Crippen molar-refractivity contribution in [2.75, 3.05) is 5.73 Å². The fourth-order valence-corrected chi connectivity index (χ4v) is 4.57. The Labute approximate surface area is 129 Å². The number of aromatic nitrogens is 1. The summed E-state index contributed by atoms with van der Waals surface area (Å²) in [5, 5.41) is 0.913. The van der Waals surface area contributed by atoms with Crippen molar-refractivity contribution >= 4 is 27.0 Å². The molecule has 3 N–H and O–H groups in total. The van der Waals surface area contributed by atoms with Gasteiger partial charge in [-0.3, -0.25) is 0 Å². The lowest BCUT2D eigenvalue weighted by atomic mass is 10.1. The zero-order valence-corrected chi connectivity index (χ0v) is 14.2. The highest BCUT2D eigenvalue weighted by Gasteiger charge is 2.22. The minimum atomic E-state index is -3.61. The summed E-state index contributed by atoms with van der Waals surface area (Å²) in [5.74, 6) is 0. The third-order valence-corrected chi connectivity index (χ3v) is 6.04. The Morgan fingerprint density at radius 3 is 2.48 bits per heavy atom. The molecule has 0 radical (unpaired) electrons. The van der Waals surface area contributed by atoms with Crippen LogP contribution in [0, 0.1) is 27.7 Å². The molecule has 0 aliphatic heterocycles. The summed E-state index contributed by atoms with van der Waals surface area (Å²) in [4.78, 5) is 5.28. The van der Waals surface area contributed by atoms with Gasteiger partial charge in [-0.1, -0.05) is 0 Å². The third kappa shape index (κ3) is 3.25. The van der Waals surface area contributed by atoms with Gasteiger partial charge in [-0.25, -0.2) is 18.1 Å². The van der Waals surface area contributed by atoms with E-state index in [1.807, 2.05) is 13.8 Å². The fourth-order valence-electron chi connectivity index (χ4n) is 2.17. The van der Waals surface area contributed by atoms with Gasteiger partial charge in [0, 0.05) is 23.3 Å². The van der Waals surface area contributed by atoms with Gasteiger partial charge in [-0.05, 0) is 50.5 Å². The summed E-state index contributed by atoms with van der Waals surface area (Å²) < 4.78 is 27.8. The molecular weight excluding hydrogens is 306 g/mol. The van der Waals surface area contributed by atoms with E-state index in [-0.39, 0.29) is 11.4 Å². The molecule has 0 saturated heterocycles. The molecule has 0 bridgehead atoms. The van der Waals surface area contributed by atoms with E-state index < -0.39 is 10.0 Å². The number of nitrogens with one attached hydrogen (secondary N) is 1. The van der Waals surface area contributed by atoms with Crippen LogP contribution < -0.4 is 10.5 Å². The van der Waals surface area contributed by atoms with Crippen molar-refractivity contribution in [3.8, 4) is 0 Å². The average molecular weight is 325 g/mol. The summed E-state index contributed by atoms with van der Waals surface area (Å²) in [6.07, 6.45) is 1.69. The number of sulfonamides is 1. The highest BCUT2D eigenvalue weighted by molar-refractivity contribution is 7.89. The quantitative estimate of drug-likeness (QED) is 0.846. The van der Waals surface area contributed by atoms with Crippen molar-refractivity contribution in [1.82, 2.24) is 9.71 Å². The molecule has 7 heteroatoms. The van der Waals surface area contributed by atoms with Gasteiger partial charge in [-0.15, -0.1) is 11.3 Å². The Morgan fingerprint density at radius 2 is 1.90 bits per heavy atom. The topological polar surface area (TPSA) is 85.1 Å². The van der Waals surface area contributed by atoms with Crippen LogP contribution in [0.4, 0.5) is 5.69 Å². The number of aryl methyl sites for hydroxylation is 2. The Bertz CT molecular complexity index is 754. The normalized spacial score (nSPS) is 11.8. The SMILES string of the molecule is Cc1ncc(CNS(=O)(=O)c2c(C)c(C)cc(N)c2C)s1. The molecule has 0 aliphatic carbocycles. The van der Waals surface area contributed by atoms with Crippen molar-refractivity contribution in [3.05, 3.63) is 38.8 Å². The first-order valence-corrected chi connectivity index (χ1v) is 8.79. The second-order valence-electron chi connectivity index (χ2n) is 5.03. The second kappa shape index (κ2) is 5.75. The van der Waals surface area contributed by atoms with E-state index in [0.717, 1.165) is 21.0 Å². The van der Waals surface area contributed by atoms with Crippen LogP contribution in [-0.4, -0.2) is 13.4 Å². The van der Waals surface area contributed by atoms with E-state index in [0.29, 0.717) is 11.3 Å². The molecule has 2 aromatic rings. The summed E-state index contributed by atoms with van der Waals surface area (Å²) in [5.41, 5.74) is 8.58. The lowest BCUT2D eigenvalue weighted by Crippen LogP contribution is -2.25. The van der Waals surface area contributed by atoms with Crippen LogP contribution in [0.2, 0.25) is 0 Å². The van der Waals surface area contributed by atoms with Gasteiger partial charge in [0.05, 0.1) is 9.90 Å². The van der Waals surface area contributed by atoms with Crippen molar-refractivity contribution in [2.45, 2.75) is 39.1 Å². The van der Waals surface area contributed by atoms with E-state index >= 15 is 0 Å². The molecule has 5 nitrogen and oxygen atoms in total. The predicted octanol–water partition coefficient (Wildman–Crippen LogP) is 2.44. The van der Waals surface area contributed by atoms with Crippen LogP contribution in [0.15, 0.2) is 17.2 Å². The molecule has 0 unspecified atom stereocenters. The number of hydrogen-bond acceptors (Lipinski definition) is 5. The molecular formula is C14H19N3O2S2. The van der Waals surface area contributed by atoms with Crippen LogP contribution in [0.3, 0.4) is 0 Å². The van der Waals surface area contributed by atoms with Gasteiger partial charge in [0.25, 0.3) is 0 Å². The minimum Gasteiger partial charge on any atom is -0.398 e. The third-order valence-electron chi connectivity index (χ3n) is 3.45. The lowest BCUT2D eigenvalue weighted by Gasteiger charge is -2.15. The molecule has 1 aromatic heterocycles. The number of nitrogen functional groups attached to an aromatic ring is 1. The Kier molecular flexibility index (Phi) is 4.36. The van der Waals surface area contributed by atoms with Crippen LogP contribution in [-0.2, 0) is 16.6 Å². The summed E-state index contributed by atoms with van der Waals surface area (Å²) in [7, 11) is -3.61. The van der Waals surface area contributed by atoms with E-state index in [1.54, 1.807) is 26.1 Å². The van der Waals surface area contributed by atoms with E-state index in [1.165, 1.54) is 11.3 Å². The van der Waals surface area contributed by atoms with Gasteiger partial charge in [0.15, 0.2) is 0 Å². The van der Waals surface area contributed by atoms with Crippen molar-refractivity contribution in [2.24, 2.45) is 0 Å². The largest absolute Gasteiger partial charge is 0.398 e. The molecule has 1 aromatic carbocycles. The minimum absolute atomic E-state index is 0.237. The van der Waals surface area contributed by atoms with Crippen LogP contribution in [0.25, 0.3) is 0 Å². The van der Waals surface area contributed by atoms with Crippen molar-refractivity contribution in [1.29, 1.82) is 0 Å². The molecule has 0 aliphatic rings. The zero-order chi connectivity index (χ0) is 15.8. The Hall–Kier alpha value is -1.44. The van der Waals surface area contributed by atoms with Crippen molar-refractivity contribution in [3.63, 3.8) is 0 Å². The number of rotatable bonds is 4. The maximum Gasteiger partial charge on any atom is 0.241 e. The molecule has 0 atom stereocenters. The molecule has 1 heterocycles. The highest BCUT2D eigenvalue weighted by Crippen LogP contribution is 2.28. The van der Waals surface area contributed by atoms with Crippen LogP contribution >= 0.6 is 11.3 Å². The number of nitrogens with two attached hydrogens (primary N) is 1. The van der Waals surface area contributed by atoms with Gasteiger partial charge >= 0.3 is 0 Å². The number of thiazole rings is 1. The molecule has 0 saturated carbocycles. The highest BCUT2D eigenvalue weighted by atomic mass is 32.2. The van der Waals surface area contributed by atoms with Crippen LogP contribution in [0.5, 0.6) is 0 Å². The molecule has 21 heavy (non-hydrogen) atoms. The Morgan fingerprint density at radius 1 is 1.24 bits per heavy atom. The fraction of sp³-hybridized carbons (Fsp3) is 0.357. The first kappa shape index (κ1) is 15.9. The number of benzene rings is 1. The summed E-state index contributed by atoms with van der Waals surface area (Å²) in [6.45, 7) is 7.51. The summed E-state index contributed by atoms with van der Waals surface area (Å²) >= 11 is 1.48. The van der Waals surface area contributed by atoms with E-state index in [2.05, 4.69) is 9.71 Å². The first-order valence-electron chi connectivity index (χ1n) is 6.49.